The Morgan fingerprint density at radius 1 is 1.26 bits per heavy atom. The van der Waals surface area contributed by atoms with Gasteiger partial charge < -0.3 is 14.5 Å². The van der Waals surface area contributed by atoms with Crippen LogP contribution >= 0.6 is 0 Å². The quantitative estimate of drug-likeness (QED) is 0.781. The van der Waals surface area contributed by atoms with Crippen LogP contribution in [-0.2, 0) is 9.84 Å². The van der Waals surface area contributed by atoms with Gasteiger partial charge in [-0.15, -0.1) is 0 Å². The molecule has 1 unspecified atom stereocenters. The van der Waals surface area contributed by atoms with E-state index in [9.17, 15) is 13.2 Å². The van der Waals surface area contributed by atoms with Crippen LogP contribution in [0.3, 0.4) is 0 Å². The Labute approximate surface area is 161 Å². The van der Waals surface area contributed by atoms with E-state index < -0.39 is 14.6 Å². The third-order valence-corrected chi connectivity index (χ3v) is 9.25. The molecule has 3 aliphatic heterocycles. The predicted octanol–water partition coefficient (Wildman–Crippen LogP) is 1.73. The molecule has 0 bridgehead atoms. The molecule has 148 valence electrons. The molecule has 0 aromatic heterocycles. The molecule has 3 heterocycles. The van der Waals surface area contributed by atoms with E-state index in [1.54, 1.807) is 24.1 Å². The summed E-state index contributed by atoms with van der Waals surface area (Å²) in [7, 11) is -1.55. The zero-order valence-corrected chi connectivity index (χ0v) is 16.9. The lowest BCUT2D eigenvalue weighted by molar-refractivity contribution is 0.0432. The summed E-state index contributed by atoms with van der Waals surface area (Å²) in [6.07, 6.45) is 3.13. The minimum Gasteiger partial charge on any atom is -0.497 e. The first kappa shape index (κ1) is 18.7. The number of likely N-dealkylation sites (tertiary alicyclic amines) is 2. The summed E-state index contributed by atoms with van der Waals surface area (Å²) in [6, 6.07) is 5.38. The van der Waals surface area contributed by atoms with Gasteiger partial charge in [-0.05, 0) is 69.0 Å². The molecule has 27 heavy (non-hydrogen) atoms. The van der Waals surface area contributed by atoms with Crippen molar-refractivity contribution in [1.82, 2.24) is 9.80 Å². The Balaban J connectivity index is 1.50. The van der Waals surface area contributed by atoms with E-state index in [0.29, 0.717) is 24.4 Å². The van der Waals surface area contributed by atoms with E-state index in [1.165, 1.54) is 12.8 Å². The molecule has 3 saturated heterocycles. The van der Waals surface area contributed by atoms with Gasteiger partial charge in [-0.3, -0.25) is 4.79 Å². The standard InChI is InChI=1S/C20H28N2O4S/c1-15-11-17(26-2)5-6-18(15)19(23)22-13-20(14-22)16(7-10-27(20,24)25)12-21-8-3-4-9-21/h5-6,11,16H,3-4,7-10,12-14H2,1-2H3. The summed E-state index contributed by atoms with van der Waals surface area (Å²) >= 11 is 0. The second-order valence-corrected chi connectivity index (χ2v) is 10.7. The molecule has 7 heteroatoms. The number of carbonyl (C=O) groups excluding carboxylic acids is 1. The van der Waals surface area contributed by atoms with Crippen LogP contribution in [0.2, 0.25) is 0 Å². The molecule has 1 aromatic carbocycles. The van der Waals surface area contributed by atoms with Gasteiger partial charge in [0.05, 0.1) is 12.9 Å². The highest BCUT2D eigenvalue weighted by molar-refractivity contribution is 7.93. The molecular weight excluding hydrogens is 364 g/mol. The summed E-state index contributed by atoms with van der Waals surface area (Å²) < 4.78 is 30.1. The Morgan fingerprint density at radius 3 is 2.59 bits per heavy atom. The van der Waals surface area contributed by atoms with Crippen molar-refractivity contribution in [3.8, 4) is 5.75 Å². The first-order chi connectivity index (χ1) is 12.9. The number of aryl methyl sites for hydroxylation is 1. The summed E-state index contributed by atoms with van der Waals surface area (Å²) in [5.74, 6) is 1.03. The summed E-state index contributed by atoms with van der Waals surface area (Å²) in [4.78, 5) is 17.0. The van der Waals surface area contributed by atoms with E-state index >= 15 is 0 Å². The van der Waals surface area contributed by atoms with Gasteiger partial charge in [-0.1, -0.05) is 0 Å². The van der Waals surface area contributed by atoms with Gasteiger partial charge >= 0.3 is 0 Å². The van der Waals surface area contributed by atoms with Crippen molar-refractivity contribution in [2.24, 2.45) is 5.92 Å². The van der Waals surface area contributed by atoms with Crippen molar-refractivity contribution in [2.45, 2.75) is 30.9 Å². The molecule has 3 aliphatic rings. The number of amides is 1. The van der Waals surface area contributed by atoms with Crippen LogP contribution in [0.1, 0.15) is 35.2 Å². The maximum absolute atomic E-state index is 12.9. The molecule has 4 rings (SSSR count). The highest BCUT2D eigenvalue weighted by atomic mass is 32.2. The Kier molecular flexibility index (Phi) is 4.71. The first-order valence-electron chi connectivity index (χ1n) is 9.75. The van der Waals surface area contributed by atoms with Gasteiger partial charge in [0.2, 0.25) is 0 Å². The van der Waals surface area contributed by atoms with Crippen LogP contribution < -0.4 is 4.74 Å². The lowest BCUT2D eigenvalue weighted by Crippen LogP contribution is -2.69. The Hall–Kier alpha value is -1.60. The molecule has 0 aliphatic carbocycles. The van der Waals surface area contributed by atoms with Crippen LogP contribution in [0.15, 0.2) is 18.2 Å². The fourth-order valence-electron chi connectivity index (χ4n) is 4.92. The second kappa shape index (κ2) is 6.78. The average molecular weight is 393 g/mol. The number of rotatable bonds is 4. The molecule has 1 spiro atoms. The third kappa shape index (κ3) is 3.05. The van der Waals surface area contributed by atoms with E-state index in [0.717, 1.165) is 31.6 Å². The van der Waals surface area contributed by atoms with Crippen molar-refractivity contribution in [3.05, 3.63) is 29.3 Å². The smallest absolute Gasteiger partial charge is 0.254 e. The van der Waals surface area contributed by atoms with Crippen molar-refractivity contribution >= 4 is 15.7 Å². The number of hydrogen-bond acceptors (Lipinski definition) is 5. The SMILES string of the molecule is COc1ccc(C(=O)N2CC3(C2)C(CN2CCCC2)CCS3(=O)=O)c(C)c1. The molecule has 3 fully saturated rings. The fourth-order valence-corrected chi connectivity index (χ4v) is 7.33. The average Bonchev–Trinajstić information content (AvgIpc) is 3.19. The van der Waals surface area contributed by atoms with Crippen molar-refractivity contribution < 1.29 is 17.9 Å². The molecule has 0 saturated carbocycles. The number of methoxy groups -OCH3 is 1. The number of nitrogens with zero attached hydrogens (tertiary/aromatic N) is 2. The van der Waals surface area contributed by atoms with Crippen LogP contribution in [0, 0.1) is 12.8 Å². The highest BCUT2D eigenvalue weighted by Gasteiger charge is 2.62. The number of hydrogen-bond donors (Lipinski definition) is 0. The van der Waals surface area contributed by atoms with Gasteiger partial charge in [-0.25, -0.2) is 8.42 Å². The maximum atomic E-state index is 12.9. The molecule has 1 aromatic rings. The second-order valence-electron chi connectivity index (χ2n) is 8.22. The molecular formula is C20H28N2O4S. The van der Waals surface area contributed by atoms with Crippen LogP contribution in [0.4, 0.5) is 0 Å². The van der Waals surface area contributed by atoms with Gasteiger partial charge in [0.25, 0.3) is 5.91 Å². The number of ether oxygens (including phenoxy) is 1. The zero-order valence-electron chi connectivity index (χ0n) is 16.1. The largest absolute Gasteiger partial charge is 0.497 e. The van der Waals surface area contributed by atoms with E-state index in [-0.39, 0.29) is 17.6 Å². The number of benzene rings is 1. The van der Waals surface area contributed by atoms with E-state index in [4.69, 9.17) is 4.74 Å². The Bertz CT molecular complexity index is 840. The lowest BCUT2D eigenvalue weighted by Gasteiger charge is -2.50. The van der Waals surface area contributed by atoms with Gasteiger partial charge in [-0.2, -0.15) is 0 Å². The van der Waals surface area contributed by atoms with Gasteiger partial charge in [0, 0.05) is 25.2 Å². The first-order valence-corrected chi connectivity index (χ1v) is 11.4. The maximum Gasteiger partial charge on any atom is 0.254 e. The number of carbonyl (C=O) groups is 1. The van der Waals surface area contributed by atoms with Crippen LogP contribution in [0.25, 0.3) is 0 Å². The topological polar surface area (TPSA) is 66.9 Å². The third-order valence-electron chi connectivity index (χ3n) is 6.64. The van der Waals surface area contributed by atoms with E-state index in [2.05, 4.69) is 4.90 Å². The van der Waals surface area contributed by atoms with Crippen molar-refractivity contribution in [2.75, 3.05) is 45.6 Å². The van der Waals surface area contributed by atoms with Gasteiger partial charge in [0.1, 0.15) is 10.5 Å². The van der Waals surface area contributed by atoms with Crippen molar-refractivity contribution in [3.63, 3.8) is 0 Å². The zero-order chi connectivity index (χ0) is 19.2. The van der Waals surface area contributed by atoms with Crippen molar-refractivity contribution in [1.29, 1.82) is 0 Å². The lowest BCUT2D eigenvalue weighted by atomic mass is 9.82. The summed E-state index contributed by atoms with van der Waals surface area (Å²) in [6.45, 7) is 5.54. The molecule has 0 radical (unpaired) electrons. The number of sulfone groups is 1. The monoisotopic (exact) mass is 392 g/mol. The summed E-state index contributed by atoms with van der Waals surface area (Å²) in [5, 5.41) is 0. The van der Waals surface area contributed by atoms with Crippen LogP contribution in [0.5, 0.6) is 5.75 Å². The highest BCUT2D eigenvalue weighted by Crippen LogP contribution is 2.45. The predicted molar refractivity (Wildman–Crippen MR) is 104 cm³/mol. The van der Waals surface area contributed by atoms with E-state index in [1.807, 2.05) is 13.0 Å². The Morgan fingerprint density at radius 2 is 1.96 bits per heavy atom. The molecule has 1 atom stereocenters. The fraction of sp³-hybridized carbons (Fsp3) is 0.650. The minimum absolute atomic E-state index is 0.0807. The minimum atomic E-state index is -3.15. The van der Waals surface area contributed by atoms with Gasteiger partial charge in [0.15, 0.2) is 9.84 Å². The molecule has 0 N–H and O–H groups in total. The molecule has 6 nitrogen and oxygen atoms in total. The summed E-state index contributed by atoms with van der Waals surface area (Å²) in [5.41, 5.74) is 1.47. The normalized spacial score (nSPS) is 26.3. The molecule has 1 amide bonds. The van der Waals surface area contributed by atoms with Crippen LogP contribution in [-0.4, -0.2) is 74.5 Å².